The molecule has 5 nitrogen and oxygen atoms in total. The first kappa shape index (κ1) is 20.7. The lowest BCUT2D eigenvalue weighted by Crippen LogP contribution is -2.49. The zero-order chi connectivity index (χ0) is 20.8. The van der Waals surface area contributed by atoms with Gasteiger partial charge in [-0.25, -0.2) is 0 Å². The number of amides is 1. The lowest BCUT2D eigenvalue weighted by molar-refractivity contribution is -0.128. The fourth-order valence-electron chi connectivity index (χ4n) is 3.38. The van der Waals surface area contributed by atoms with Crippen molar-refractivity contribution in [2.75, 3.05) is 36.8 Å². The molecule has 3 aromatic rings. The van der Waals surface area contributed by atoms with E-state index in [2.05, 4.69) is 27.2 Å². The first-order valence-corrected chi connectivity index (χ1v) is 11.5. The second-order valence-electron chi connectivity index (χ2n) is 7.13. The number of benzene rings is 2. The number of piperazine rings is 1. The Hall–Kier alpha value is -2.57. The van der Waals surface area contributed by atoms with Crippen molar-refractivity contribution >= 4 is 35.1 Å². The largest absolute Gasteiger partial charge is 0.352 e. The summed E-state index contributed by atoms with van der Waals surface area (Å²) in [5, 5.41) is 9.45. The van der Waals surface area contributed by atoms with Crippen molar-refractivity contribution < 1.29 is 4.79 Å². The molecule has 0 radical (unpaired) electrons. The number of thioether (sulfide) groups is 1. The van der Waals surface area contributed by atoms with E-state index in [4.69, 9.17) is 11.6 Å². The van der Waals surface area contributed by atoms with Crippen molar-refractivity contribution in [3.8, 4) is 11.3 Å². The third-order valence-electron chi connectivity index (χ3n) is 5.08. The zero-order valence-electron chi connectivity index (χ0n) is 16.6. The van der Waals surface area contributed by atoms with Crippen molar-refractivity contribution in [2.45, 2.75) is 5.75 Å². The molecule has 1 aromatic heterocycles. The number of carbonyl (C=O) groups excluding carboxylic acids is 1. The number of aromatic nitrogens is 2. The van der Waals surface area contributed by atoms with Crippen LogP contribution in [-0.2, 0) is 10.5 Å². The van der Waals surface area contributed by atoms with Gasteiger partial charge in [0.2, 0.25) is 5.91 Å². The maximum Gasteiger partial charge on any atom is 0.232 e. The molecule has 0 N–H and O–H groups in total. The summed E-state index contributed by atoms with van der Waals surface area (Å²) in [6, 6.07) is 21.8. The second kappa shape index (κ2) is 9.96. The van der Waals surface area contributed by atoms with Crippen LogP contribution in [0.25, 0.3) is 11.3 Å². The molecule has 0 unspecified atom stereocenters. The van der Waals surface area contributed by atoms with Crippen LogP contribution in [-0.4, -0.2) is 52.9 Å². The van der Waals surface area contributed by atoms with Gasteiger partial charge in [-0.3, -0.25) is 4.79 Å². The van der Waals surface area contributed by atoms with Crippen LogP contribution in [0.5, 0.6) is 0 Å². The average Bonchev–Trinajstić information content (AvgIpc) is 2.80. The van der Waals surface area contributed by atoms with Gasteiger partial charge >= 0.3 is 0 Å². The molecule has 0 spiro atoms. The fraction of sp³-hybridized carbons (Fsp3) is 0.261. The van der Waals surface area contributed by atoms with Crippen LogP contribution in [0.2, 0.25) is 5.02 Å². The molecule has 0 atom stereocenters. The molecule has 30 heavy (non-hydrogen) atoms. The van der Waals surface area contributed by atoms with E-state index in [0.717, 1.165) is 35.9 Å². The number of hydrogen-bond acceptors (Lipinski definition) is 5. The van der Waals surface area contributed by atoms with Gasteiger partial charge in [-0.2, -0.15) is 0 Å². The quantitative estimate of drug-likeness (QED) is 0.571. The van der Waals surface area contributed by atoms with Gasteiger partial charge in [0.25, 0.3) is 0 Å². The zero-order valence-corrected chi connectivity index (χ0v) is 18.1. The van der Waals surface area contributed by atoms with Crippen LogP contribution in [0.3, 0.4) is 0 Å². The smallest absolute Gasteiger partial charge is 0.232 e. The van der Waals surface area contributed by atoms with Crippen molar-refractivity contribution in [2.24, 2.45) is 0 Å². The van der Waals surface area contributed by atoms with Crippen molar-refractivity contribution in [3.05, 3.63) is 77.3 Å². The minimum absolute atomic E-state index is 0.208. The summed E-state index contributed by atoms with van der Waals surface area (Å²) >= 11 is 7.61. The SMILES string of the molecule is O=C(CSCc1ccccc1)N1CCN(c2ccc(-c3ccc(Cl)cc3)nn2)CC1. The van der Waals surface area contributed by atoms with Crippen LogP contribution in [0.4, 0.5) is 5.82 Å². The minimum Gasteiger partial charge on any atom is -0.352 e. The van der Waals surface area contributed by atoms with E-state index in [1.54, 1.807) is 11.8 Å². The number of hydrogen-bond donors (Lipinski definition) is 0. The molecule has 0 bridgehead atoms. The number of carbonyl (C=O) groups is 1. The topological polar surface area (TPSA) is 49.3 Å². The highest BCUT2D eigenvalue weighted by atomic mass is 35.5. The fourth-order valence-corrected chi connectivity index (χ4v) is 4.39. The lowest BCUT2D eigenvalue weighted by atomic mass is 10.1. The van der Waals surface area contributed by atoms with Crippen LogP contribution in [0.15, 0.2) is 66.7 Å². The summed E-state index contributed by atoms with van der Waals surface area (Å²) in [5.41, 5.74) is 3.06. The minimum atomic E-state index is 0.208. The molecule has 7 heteroatoms. The monoisotopic (exact) mass is 438 g/mol. The molecule has 0 saturated carbocycles. The van der Waals surface area contributed by atoms with Crippen molar-refractivity contribution in [3.63, 3.8) is 0 Å². The molecule has 2 heterocycles. The molecular formula is C23H23ClN4OS. The molecule has 4 rings (SSSR count). The maximum absolute atomic E-state index is 12.5. The third kappa shape index (κ3) is 5.32. The molecule has 0 aliphatic carbocycles. The molecule has 1 aliphatic rings. The third-order valence-corrected chi connectivity index (χ3v) is 6.32. The van der Waals surface area contributed by atoms with E-state index < -0.39 is 0 Å². The van der Waals surface area contributed by atoms with Gasteiger partial charge < -0.3 is 9.80 Å². The summed E-state index contributed by atoms with van der Waals surface area (Å²) in [6.07, 6.45) is 0. The van der Waals surface area contributed by atoms with Gasteiger partial charge in [-0.05, 0) is 29.8 Å². The first-order valence-electron chi connectivity index (χ1n) is 9.93. The molecule has 1 fully saturated rings. The Morgan fingerprint density at radius 2 is 1.63 bits per heavy atom. The number of halogens is 1. The van der Waals surface area contributed by atoms with Gasteiger partial charge in [0.1, 0.15) is 0 Å². The number of rotatable bonds is 6. The molecule has 154 valence electrons. The highest BCUT2D eigenvalue weighted by molar-refractivity contribution is 7.99. The van der Waals surface area contributed by atoms with Crippen molar-refractivity contribution in [1.82, 2.24) is 15.1 Å². The van der Waals surface area contributed by atoms with E-state index >= 15 is 0 Å². The predicted molar refractivity (Wildman–Crippen MR) is 124 cm³/mol. The summed E-state index contributed by atoms with van der Waals surface area (Å²) < 4.78 is 0. The Bertz CT molecular complexity index is 959. The molecule has 1 aliphatic heterocycles. The molecule has 1 amide bonds. The lowest BCUT2D eigenvalue weighted by Gasteiger charge is -2.35. The Labute approximate surface area is 186 Å². The predicted octanol–water partition coefficient (Wildman–Crippen LogP) is 4.38. The number of anilines is 1. The maximum atomic E-state index is 12.5. The van der Waals surface area contributed by atoms with Gasteiger partial charge in [0.15, 0.2) is 5.82 Å². The highest BCUT2D eigenvalue weighted by Gasteiger charge is 2.22. The van der Waals surface area contributed by atoms with E-state index in [9.17, 15) is 4.79 Å². The summed E-state index contributed by atoms with van der Waals surface area (Å²) in [6.45, 7) is 2.96. The summed E-state index contributed by atoms with van der Waals surface area (Å²) in [7, 11) is 0. The van der Waals surface area contributed by atoms with Crippen LogP contribution < -0.4 is 4.90 Å². The molecule has 1 saturated heterocycles. The number of nitrogens with zero attached hydrogens (tertiary/aromatic N) is 4. The van der Waals surface area contributed by atoms with Gasteiger partial charge in [-0.15, -0.1) is 22.0 Å². The Balaban J connectivity index is 1.25. The summed E-state index contributed by atoms with van der Waals surface area (Å²) in [4.78, 5) is 16.6. The Morgan fingerprint density at radius 1 is 0.900 bits per heavy atom. The second-order valence-corrected chi connectivity index (χ2v) is 8.55. The normalized spacial score (nSPS) is 14.0. The van der Waals surface area contributed by atoms with E-state index in [0.29, 0.717) is 23.9 Å². The standard InChI is InChI=1S/C23H23ClN4OS/c24-20-8-6-19(7-9-20)21-10-11-22(26-25-21)27-12-14-28(15-13-27)23(29)17-30-16-18-4-2-1-3-5-18/h1-11H,12-17H2. The van der Waals surface area contributed by atoms with Crippen LogP contribution in [0, 0.1) is 0 Å². The van der Waals surface area contributed by atoms with E-state index in [1.165, 1.54) is 5.56 Å². The molecular weight excluding hydrogens is 416 g/mol. The van der Waals surface area contributed by atoms with Crippen molar-refractivity contribution in [1.29, 1.82) is 0 Å². The Kier molecular flexibility index (Phi) is 6.87. The van der Waals surface area contributed by atoms with Crippen LogP contribution >= 0.6 is 23.4 Å². The first-order chi connectivity index (χ1) is 14.7. The molecule has 2 aromatic carbocycles. The summed E-state index contributed by atoms with van der Waals surface area (Å²) in [5.74, 6) is 2.44. The highest BCUT2D eigenvalue weighted by Crippen LogP contribution is 2.21. The Morgan fingerprint density at radius 3 is 2.30 bits per heavy atom. The van der Waals surface area contributed by atoms with E-state index in [1.807, 2.05) is 59.5 Å². The van der Waals surface area contributed by atoms with Gasteiger partial charge in [0.05, 0.1) is 11.4 Å². The van der Waals surface area contributed by atoms with Gasteiger partial charge in [-0.1, -0.05) is 54.1 Å². The van der Waals surface area contributed by atoms with E-state index in [-0.39, 0.29) is 5.91 Å². The van der Waals surface area contributed by atoms with Crippen LogP contribution in [0.1, 0.15) is 5.56 Å². The average molecular weight is 439 g/mol. The van der Waals surface area contributed by atoms with Gasteiger partial charge in [0, 0.05) is 42.5 Å².